The molecule has 0 fully saturated rings. The van der Waals surface area contributed by atoms with E-state index in [1.807, 2.05) is 6.92 Å². The minimum Gasteiger partial charge on any atom is -0.494 e. The molecule has 0 bridgehead atoms. The van der Waals surface area contributed by atoms with Crippen LogP contribution in [0.3, 0.4) is 0 Å². The number of anilines is 1. The lowest BCUT2D eigenvalue weighted by molar-refractivity contribution is 0.0989. The molecule has 0 unspecified atom stereocenters. The molecule has 2 atom stereocenters. The summed E-state index contributed by atoms with van der Waals surface area (Å²) in [7, 11) is 0.303. The number of nitrogens with one attached hydrogen (secondary N) is 2. The van der Waals surface area contributed by atoms with E-state index in [4.69, 9.17) is 25.8 Å². The summed E-state index contributed by atoms with van der Waals surface area (Å²) in [4.78, 5) is 4.22. The first-order valence-electron chi connectivity index (χ1n) is 11.0. The van der Waals surface area contributed by atoms with E-state index in [2.05, 4.69) is 30.1 Å². The Kier molecular flexibility index (Phi) is 7.66. The van der Waals surface area contributed by atoms with Crippen molar-refractivity contribution >= 4 is 27.6 Å². The van der Waals surface area contributed by atoms with Crippen molar-refractivity contribution in [3.63, 3.8) is 0 Å². The van der Waals surface area contributed by atoms with Gasteiger partial charge in [0.2, 0.25) is 16.0 Å². The summed E-state index contributed by atoms with van der Waals surface area (Å²) in [6.45, 7) is 3.34. The van der Waals surface area contributed by atoms with Crippen LogP contribution >= 0.6 is 11.6 Å². The van der Waals surface area contributed by atoms with Crippen molar-refractivity contribution in [2.24, 2.45) is 0 Å². The van der Waals surface area contributed by atoms with Gasteiger partial charge in [-0.25, -0.2) is 8.42 Å². The number of methoxy groups -OCH3 is 3. The number of nitrogens with zero attached hydrogens (tertiary/aromatic N) is 5. The van der Waals surface area contributed by atoms with Crippen molar-refractivity contribution in [2.75, 3.05) is 26.1 Å². The Labute approximate surface area is 219 Å². The summed E-state index contributed by atoms with van der Waals surface area (Å²) in [5.74, 6) is 0.979. The number of H-pyrrole nitrogens is 1. The summed E-state index contributed by atoms with van der Waals surface area (Å²) in [5.41, 5.74) is 2.02. The maximum absolute atomic E-state index is 13.6. The summed E-state index contributed by atoms with van der Waals surface area (Å²) in [5, 5.41) is 14.9. The second-order valence-electron chi connectivity index (χ2n) is 8.04. The molecule has 2 N–H and O–H groups in total. The molecule has 0 spiro atoms. The van der Waals surface area contributed by atoms with Gasteiger partial charge in [0.25, 0.3) is 0 Å². The molecule has 37 heavy (non-hydrogen) atoms. The van der Waals surface area contributed by atoms with E-state index in [9.17, 15) is 8.42 Å². The van der Waals surface area contributed by atoms with Gasteiger partial charge in [0.05, 0.1) is 24.9 Å². The topological polar surface area (TPSA) is 146 Å². The van der Waals surface area contributed by atoms with Gasteiger partial charge in [-0.3, -0.25) is 19.4 Å². The van der Waals surface area contributed by atoms with Gasteiger partial charge in [0, 0.05) is 19.0 Å². The molecular weight excluding hydrogens is 522 g/mol. The highest BCUT2D eigenvalue weighted by molar-refractivity contribution is 7.93. The second-order valence-corrected chi connectivity index (χ2v) is 10.5. The predicted molar refractivity (Wildman–Crippen MR) is 138 cm³/mol. The average molecular weight is 548 g/mol. The third-order valence-corrected chi connectivity index (χ3v) is 7.59. The highest BCUT2D eigenvalue weighted by atomic mass is 35.5. The van der Waals surface area contributed by atoms with Crippen LogP contribution in [0.1, 0.15) is 24.4 Å². The van der Waals surface area contributed by atoms with Crippen molar-refractivity contribution in [2.45, 2.75) is 25.2 Å². The highest BCUT2D eigenvalue weighted by Gasteiger charge is 2.34. The number of aryl methyl sites for hydroxylation is 1. The number of hydrogen-bond acceptors (Lipinski definition) is 9. The maximum Gasteiger partial charge on any atom is 0.243 e. The number of para-hydroxylation sites is 1. The van der Waals surface area contributed by atoms with Crippen molar-refractivity contribution in [3.8, 4) is 28.7 Å². The fourth-order valence-corrected chi connectivity index (χ4v) is 5.06. The molecule has 12 nitrogen and oxygen atoms in total. The number of aromatic nitrogens is 6. The molecule has 0 saturated carbocycles. The third-order valence-electron chi connectivity index (χ3n) is 5.67. The number of hydrogen-bond donors (Lipinski definition) is 2. The van der Waals surface area contributed by atoms with Crippen LogP contribution in [0.2, 0.25) is 5.02 Å². The second kappa shape index (κ2) is 10.7. The number of ether oxygens (including phenoxy) is 3. The molecule has 3 heterocycles. The van der Waals surface area contributed by atoms with Crippen LogP contribution in [0.4, 0.5) is 5.95 Å². The zero-order valence-electron chi connectivity index (χ0n) is 20.8. The number of rotatable bonds is 10. The Morgan fingerprint density at radius 1 is 1.08 bits per heavy atom. The molecule has 0 radical (unpaired) electrons. The van der Waals surface area contributed by atoms with Crippen molar-refractivity contribution in [1.82, 2.24) is 29.9 Å². The van der Waals surface area contributed by atoms with Gasteiger partial charge in [-0.1, -0.05) is 17.7 Å². The largest absolute Gasteiger partial charge is 0.494 e. The van der Waals surface area contributed by atoms with E-state index in [0.29, 0.717) is 33.6 Å². The van der Waals surface area contributed by atoms with Crippen LogP contribution < -0.4 is 14.2 Å². The minimum atomic E-state index is -4.10. The Morgan fingerprint density at radius 2 is 1.78 bits per heavy atom. The van der Waals surface area contributed by atoms with Gasteiger partial charge >= 0.3 is 0 Å². The molecular formula is C23H26ClN7O5S. The zero-order chi connectivity index (χ0) is 26.7. The number of aromatic amines is 1. The Hall–Kier alpha value is -3.68. The van der Waals surface area contributed by atoms with Gasteiger partial charge in [-0.2, -0.15) is 5.10 Å². The van der Waals surface area contributed by atoms with Crippen molar-refractivity contribution in [3.05, 3.63) is 59.0 Å². The van der Waals surface area contributed by atoms with Gasteiger partial charge in [-0.05, 0) is 44.2 Å². The van der Waals surface area contributed by atoms with Gasteiger partial charge < -0.3 is 14.2 Å². The van der Waals surface area contributed by atoms with Crippen LogP contribution in [0.15, 0.2) is 42.6 Å². The van der Waals surface area contributed by atoms with E-state index in [1.165, 1.54) is 39.0 Å². The van der Waals surface area contributed by atoms with E-state index in [1.54, 1.807) is 36.4 Å². The Morgan fingerprint density at radius 3 is 2.32 bits per heavy atom. The minimum absolute atomic E-state index is 0.0933. The first-order valence-corrected chi connectivity index (χ1v) is 13.0. The van der Waals surface area contributed by atoms with E-state index < -0.39 is 21.4 Å². The highest BCUT2D eigenvalue weighted by Crippen LogP contribution is 2.38. The van der Waals surface area contributed by atoms with E-state index in [0.717, 1.165) is 5.69 Å². The predicted octanol–water partition coefficient (Wildman–Crippen LogP) is 3.55. The molecule has 0 saturated heterocycles. The lowest BCUT2D eigenvalue weighted by Gasteiger charge is -2.23. The molecule has 4 aromatic rings. The lowest BCUT2D eigenvalue weighted by atomic mass is 10.2. The molecule has 0 amide bonds. The van der Waals surface area contributed by atoms with Crippen molar-refractivity contribution in [1.29, 1.82) is 0 Å². The first-order chi connectivity index (χ1) is 17.7. The number of benzene rings is 1. The Balaban J connectivity index is 1.82. The number of halogens is 1. The van der Waals surface area contributed by atoms with Crippen LogP contribution in [0.5, 0.6) is 11.5 Å². The summed E-state index contributed by atoms with van der Waals surface area (Å²) >= 11 is 5.94. The normalized spacial score (nSPS) is 13.2. The van der Waals surface area contributed by atoms with Gasteiger partial charge in [0.1, 0.15) is 34.2 Å². The van der Waals surface area contributed by atoms with Gasteiger partial charge in [-0.15, -0.1) is 10.2 Å². The molecule has 3 aromatic heterocycles. The number of pyridine rings is 1. The van der Waals surface area contributed by atoms with Crippen LogP contribution in [0.25, 0.3) is 17.2 Å². The monoisotopic (exact) mass is 547 g/mol. The fraction of sp³-hybridized carbons (Fsp3) is 0.304. The smallest absolute Gasteiger partial charge is 0.243 e. The quantitative estimate of drug-likeness (QED) is 0.304. The summed E-state index contributed by atoms with van der Waals surface area (Å²) in [6, 6.07) is 10.2. The molecule has 0 aliphatic carbocycles. The Bertz CT molecular complexity index is 1470. The van der Waals surface area contributed by atoms with E-state index in [-0.39, 0.29) is 11.8 Å². The third kappa shape index (κ3) is 5.24. The SMILES string of the molecule is COc1cccc(OC)c1-n1c(NS(=O)(=O)[C@H](C)[C@@H](OC)c2ccc(Cl)cn2)nnc1-c1cc(C)[nH]n1. The molecule has 196 valence electrons. The molecule has 0 aliphatic rings. The first kappa shape index (κ1) is 26.4. The number of sulfonamides is 1. The molecule has 1 aromatic carbocycles. The zero-order valence-corrected chi connectivity index (χ0v) is 22.3. The van der Waals surface area contributed by atoms with Crippen molar-refractivity contribution < 1.29 is 22.6 Å². The van der Waals surface area contributed by atoms with Crippen LogP contribution in [-0.2, 0) is 14.8 Å². The molecule has 0 aliphatic heterocycles. The van der Waals surface area contributed by atoms with Crippen LogP contribution in [-0.4, -0.2) is 64.9 Å². The standard InChI is InChI=1S/C23H26ClN7O5S/c1-13-11-17(27-26-13)22-28-29-23(31(22)20-18(34-3)7-6-8-19(20)35-4)30-37(32,33)14(2)21(36-5)16-10-9-15(24)12-25-16/h6-12,14,21H,1-5H3,(H,26,27)(H,29,30)/t14-,21-/m1/s1. The summed E-state index contributed by atoms with van der Waals surface area (Å²) < 4.78 is 47.8. The van der Waals surface area contributed by atoms with E-state index >= 15 is 0 Å². The fourth-order valence-electron chi connectivity index (χ4n) is 3.80. The van der Waals surface area contributed by atoms with Gasteiger partial charge in [0.15, 0.2) is 5.82 Å². The molecule has 14 heteroatoms. The average Bonchev–Trinajstić information content (AvgIpc) is 3.50. The lowest BCUT2D eigenvalue weighted by Crippen LogP contribution is -2.33. The summed E-state index contributed by atoms with van der Waals surface area (Å²) in [6.07, 6.45) is 0.540. The molecule has 4 rings (SSSR count). The van der Waals surface area contributed by atoms with Crippen LogP contribution in [0, 0.1) is 6.92 Å². The maximum atomic E-state index is 13.6.